The minimum absolute atomic E-state index is 0.150. The summed E-state index contributed by atoms with van der Waals surface area (Å²) in [5, 5.41) is 24.0. The predicted octanol–water partition coefficient (Wildman–Crippen LogP) is 5.82. The van der Waals surface area contributed by atoms with Crippen LogP contribution >= 0.6 is 0 Å². The number of ketones is 1. The van der Waals surface area contributed by atoms with Crippen molar-refractivity contribution in [3.05, 3.63) is 42.0 Å². The predicted molar refractivity (Wildman–Crippen MR) is 206 cm³/mol. The van der Waals surface area contributed by atoms with E-state index in [0.717, 1.165) is 52.1 Å². The van der Waals surface area contributed by atoms with Gasteiger partial charge in [0.25, 0.3) is 0 Å². The van der Waals surface area contributed by atoms with Gasteiger partial charge < -0.3 is 34.5 Å². The van der Waals surface area contributed by atoms with Crippen LogP contribution in [0.4, 0.5) is 0 Å². The van der Waals surface area contributed by atoms with Crippen LogP contribution < -0.4 is 10.1 Å². The summed E-state index contributed by atoms with van der Waals surface area (Å²) in [6.45, 7) is 7.83. The molecule has 0 fully saturated rings. The number of methoxy groups -OCH3 is 1. The Kier molecular flexibility index (Phi) is 23.0. The Labute approximate surface area is 325 Å². The van der Waals surface area contributed by atoms with Crippen LogP contribution in [-0.4, -0.2) is 83.3 Å². The number of Topliss-reactive ketones (excluding diaryl/α,β-unsaturated/α-hetero) is 1. The zero-order valence-corrected chi connectivity index (χ0v) is 33.4. The number of rotatable bonds is 27. The van der Waals surface area contributed by atoms with Gasteiger partial charge in [-0.05, 0) is 71.1 Å². The monoisotopic (exact) mass is 771 g/mol. The molecule has 0 aliphatic heterocycles. The molecular weight excluding hydrogens is 710 g/mol. The molecule has 3 atom stereocenters. The summed E-state index contributed by atoms with van der Waals surface area (Å²) in [5.41, 5.74) is -3.48. The Morgan fingerprint density at radius 2 is 1.53 bits per heavy atom. The van der Waals surface area contributed by atoms with Crippen molar-refractivity contribution in [3.63, 3.8) is 0 Å². The van der Waals surface area contributed by atoms with E-state index >= 15 is 0 Å². The van der Waals surface area contributed by atoms with E-state index in [2.05, 4.69) is 28.8 Å². The van der Waals surface area contributed by atoms with E-state index in [9.17, 15) is 39.0 Å². The Morgan fingerprint density at radius 1 is 0.909 bits per heavy atom. The molecule has 0 bridgehead atoms. The molecule has 306 valence electrons. The van der Waals surface area contributed by atoms with Gasteiger partial charge in [0.15, 0.2) is 12.2 Å². The van der Waals surface area contributed by atoms with Crippen LogP contribution in [0.1, 0.15) is 124 Å². The highest BCUT2D eigenvalue weighted by molar-refractivity contribution is 5.95. The molecule has 0 heterocycles. The summed E-state index contributed by atoms with van der Waals surface area (Å²) in [4.78, 5) is 76.7. The fourth-order valence-corrected chi connectivity index (χ4v) is 5.48. The summed E-state index contributed by atoms with van der Waals surface area (Å²) < 4.78 is 20.6. The van der Waals surface area contributed by atoms with Crippen LogP contribution in [0.15, 0.2) is 36.4 Å². The molecule has 0 aliphatic carbocycles. The van der Waals surface area contributed by atoms with Gasteiger partial charge in [0.2, 0.25) is 5.91 Å². The van der Waals surface area contributed by atoms with E-state index in [0.29, 0.717) is 37.0 Å². The van der Waals surface area contributed by atoms with Gasteiger partial charge in [-0.15, -0.1) is 5.92 Å². The molecule has 0 radical (unpaired) electrons. The molecule has 0 unspecified atom stereocenters. The SMILES string of the molecule is CC#CCOc1ccc(C[C@H](NC(=O)[C@@H](/C=C/CCCCCCC(=O)CCCCCCC)[C@@](O)(CC(=O)O)C(=O)OC(C)(C)C)C(=O)OCC(=O)OC)cc1. The number of allylic oxidation sites excluding steroid dienone is 1. The number of carboxylic acid groups (broad SMARTS) is 1. The third-order valence-corrected chi connectivity index (χ3v) is 8.45. The third kappa shape index (κ3) is 20.5. The highest BCUT2D eigenvalue weighted by Crippen LogP contribution is 2.29. The van der Waals surface area contributed by atoms with Crippen molar-refractivity contribution >= 4 is 35.6 Å². The molecule has 0 aromatic heterocycles. The normalized spacial score (nSPS) is 13.4. The lowest BCUT2D eigenvalue weighted by Crippen LogP contribution is -2.57. The minimum atomic E-state index is -2.88. The number of benzene rings is 1. The maximum atomic E-state index is 14.1. The maximum Gasteiger partial charge on any atom is 0.344 e. The van der Waals surface area contributed by atoms with Crippen LogP contribution in [0.2, 0.25) is 0 Å². The van der Waals surface area contributed by atoms with Crippen LogP contribution in [0, 0.1) is 17.8 Å². The Bertz CT molecular complexity index is 1470. The average molecular weight is 772 g/mol. The highest BCUT2D eigenvalue weighted by Gasteiger charge is 2.51. The standard InChI is InChI=1S/C42H61NO12/c1-7-9-11-14-17-20-32(44)21-18-15-12-13-16-19-22-34(42(51,29-36(45)46)40(50)55-41(3,4)5)38(48)43-35(39(49)54-30-37(47)52-6)28-31-23-25-33(26-24-31)53-27-10-8-2/h19,22-26,34-35,51H,7,9,11-18,20-21,27-30H2,1-6H3,(H,43,48)(H,45,46)/b22-19+/t34-,35+,42+/m1/s1. The molecule has 1 amide bonds. The summed E-state index contributed by atoms with van der Waals surface area (Å²) in [7, 11) is 1.11. The van der Waals surface area contributed by atoms with Crippen LogP contribution in [0.3, 0.4) is 0 Å². The zero-order chi connectivity index (χ0) is 41.3. The number of carboxylic acids is 1. The van der Waals surface area contributed by atoms with E-state index in [1.54, 1.807) is 37.3 Å². The molecule has 1 rings (SSSR count). The lowest BCUT2D eigenvalue weighted by Gasteiger charge is -2.34. The zero-order valence-electron chi connectivity index (χ0n) is 33.4. The van der Waals surface area contributed by atoms with Crippen LogP contribution in [-0.2, 0) is 49.4 Å². The molecule has 0 saturated heterocycles. The molecule has 13 nitrogen and oxygen atoms in total. The van der Waals surface area contributed by atoms with E-state index in [1.165, 1.54) is 33.3 Å². The molecule has 1 aromatic carbocycles. The number of amides is 1. The first-order valence-corrected chi connectivity index (χ1v) is 19.1. The van der Waals surface area contributed by atoms with Crippen molar-refractivity contribution in [2.45, 2.75) is 142 Å². The number of unbranched alkanes of at least 4 members (excludes halogenated alkanes) is 8. The maximum absolute atomic E-state index is 14.1. The van der Waals surface area contributed by atoms with E-state index in [4.69, 9.17) is 14.2 Å². The van der Waals surface area contributed by atoms with Gasteiger partial charge in [0.05, 0.1) is 19.4 Å². The van der Waals surface area contributed by atoms with Crippen molar-refractivity contribution in [2.75, 3.05) is 20.3 Å². The van der Waals surface area contributed by atoms with Gasteiger partial charge in [-0.1, -0.05) is 75.7 Å². The van der Waals surface area contributed by atoms with Gasteiger partial charge in [0.1, 0.15) is 29.8 Å². The van der Waals surface area contributed by atoms with Gasteiger partial charge in [-0.2, -0.15) is 0 Å². The Hall–Kier alpha value is -4.70. The van der Waals surface area contributed by atoms with Gasteiger partial charge in [-0.25, -0.2) is 14.4 Å². The summed E-state index contributed by atoms with van der Waals surface area (Å²) >= 11 is 0. The second-order valence-electron chi connectivity index (χ2n) is 14.4. The lowest BCUT2D eigenvalue weighted by atomic mass is 9.82. The molecule has 0 aliphatic rings. The lowest BCUT2D eigenvalue weighted by molar-refractivity contribution is -0.187. The average Bonchev–Trinajstić information content (AvgIpc) is 3.12. The second kappa shape index (κ2) is 26.2. The van der Waals surface area contributed by atoms with Crippen molar-refractivity contribution in [2.24, 2.45) is 5.92 Å². The number of hydrogen-bond donors (Lipinski definition) is 3. The smallest absolute Gasteiger partial charge is 0.344 e. The quantitative estimate of drug-likeness (QED) is 0.0320. The first-order valence-electron chi connectivity index (χ1n) is 19.1. The van der Waals surface area contributed by atoms with E-state index < -0.39 is 66.0 Å². The third-order valence-electron chi connectivity index (χ3n) is 8.45. The molecule has 1 aromatic rings. The second-order valence-corrected chi connectivity index (χ2v) is 14.4. The van der Waals surface area contributed by atoms with Crippen molar-refractivity contribution in [3.8, 4) is 17.6 Å². The molecule has 13 heteroatoms. The minimum Gasteiger partial charge on any atom is -0.481 e. The molecule has 3 N–H and O–H groups in total. The largest absolute Gasteiger partial charge is 0.481 e. The molecule has 55 heavy (non-hydrogen) atoms. The molecule has 0 spiro atoms. The number of hydrogen-bond acceptors (Lipinski definition) is 11. The van der Waals surface area contributed by atoms with E-state index in [-0.39, 0.29) is 18.8 Å². The Morgan fingerprint density at radius 3 is 2.09 bits per heavy atom. The fourth-order valence-electron chi connectivity index (χ4n) is 5.48. The summed E-state index contributed by atoms with van der Waals surface area (Å²) in [6, 6.07) is 5.12. The number of carbonyl (C=O) groups excluding carboxylic acids is 5. The van der Waals surface area contributed by atoms with E-state index in [1.807, 2.05) is 0 Å². The number of esters is 3. The van der Waals surface area contributed by atoms with Crippen LogP contribution in [0.25, 0.3) is 0 Å². The number of carbonyl (C=O) groups is 6. The number of aliphatic hydroxyl groups is 1. The Balaban J connectivity index is 3.25. The molecule has 0 saturated carbocycles. The topological polar surface area (TPSA) is 192 Å². The number of ether oxygens (including phenoxy) is 4. The highest BCUT2D eigenvalue weighted by atomic mass is 16.6. The van der Waals surface area contributed by atoms with Crippen LogP contribution in [0.5, 0.6) is 5.75 Å². The van der Waals surface area contributed by atoms with Crippen molar-refractivity contribution in [1.82, 2.24) is 5.32 Å². The van der Waals surface area contributed by atoms with Crippen molar-refractivity contribution < 1.29 is 57.9 Å². The fraction of sp³-hybridized carbons (Fsp3) is 0.619. The van der Waals surface area contributed by atoms with Gasteiger partial charge in [0, 0.05) is 19.3 Å². The number of nitrogens with one attached hydrogen (secondary N) is 1. The first kappa shape index (κ1) is 48.3. The first-order chi connectivity index (χ1) is 26.1. The van der Waals surface area contributed by atoms with Gasteiger partial charge in [-0.3, -0.25) is 14.4 Å². The van der Waals surface area contributed by atoms with Crippen molar-refractivity contribution in [1.29, 1.82) is 0 Å². The van der Waals surface area contributed by atoms with Gasteiger partial charge >= 0.3 is 23.9 Å². The number of aliphatic carboxylic acids is 1. The molecular formula is C42H61NO12. The summed E-state index contributed by atoms with van der Waals surface area (Å²) in [5.74, 6) is -1.38. The summed E-state index contributed by atoms with van der Waals surface area (Å²) in [6.07, 6.45) is 11.5.